The molecule has 0 aliphatic carbocycles. The van der Waals surface area contributed by atoms with E-state index in [1.807, 2.05) is 85.1 Å². The summed E-state index contributed by atoms with van der Waals surface area (Å²) in [7, 11) is 0. The van der Waals surface area contributed by atoms with E-state index >= 15 is 0 Å². The zero-order valence-corrected chi connectivity index (χ0v) is 11.8. The van der Waals surface area contributed by atoms with Gasteiger partial charge in [0, 0.05) is 18.9 Å². The molecule has 0 radical (unpaired) electrons. The number of rotatable bonds is 6. The average Bonchev–Trinajstić information content (AvgIpc) is 2.55. The van der Waals surface area contributed by atoms with Crippen molar-refractivity contribution in [1.29, 1.82) is 0 Å². The van der Waals surface area contributed by atoms with Crippen LogP contribution in [-0.2, 0) is 0 Å². The van der Waals surface area contributed by atoms with E-state index in [0.717, 1.165) is 17.8 Å². The second-order valence-corrected chi connectivity index (χ2v) is 4.31. The molecule has 0 saturated heterocycles. The lowest BCUT2D eigenvalue weighted by Gasteiger charge is -1.89. The molecule has 21 heavy (non-hydrogen) atoms. The molecule has 0 aromatic heterocycles. The summed E-state index contributed by atoms with van der Waals surface area (Å²) in [6.45, 7) is 0. The highest BCUT2D eigenvalue weighted by molar-refractivity contribution is 5.74. The first kappa shape index (κ1) is 14.7. The van der Waals surface area contributed by atoms with Crippen molar-refractivity contribution in [2.45, 2.75) is 6.42 Å². The van der Waals surface area contributed by atoms with Crippen LogP contribution in [0.5, 0.6) is 0 Å². The van der Waals surface area contributed by atoms with Gasteiger partial charge in [0.25, 0.3) is 0 Å². The third-order valence-corrected chi connectivity index (χ3v) is 2.66. The molecule has 0 atom stereocenters. The number of hydrogen-bond donors (Lipinski definition) is 0. The van der Waals surface area contributed by atoms with Gasteiger partial charge in [0.05, 0.1) is 11.4 Å². The molecular formula is C19H18N2. The number of allylic oxidation sites excluding steroid dienone is 4. The molecule has 0 spiro atoms. The molecule has 2 aromatic carbocycles. The van der Waals surface area contributed by atoms with Gasteiger partial charge in [-0.05, 0) is 30.3 Å². The quantitative estimate of drug-likeness (QED) is 0.505. The molecule has 0 N–H and O–H groups in total. The van der Waals surface area contributed by atoms with Crippen LogP contribution in [0.25, 0.3) is 0 Å². The monoisotopic (exact) mass is 274 g/mol. The molecule has 0 fully saturated rings. The topological polar surface area (TPSA) is 24.7 Å². The molecule has 2 rings (SSSR count). The fraction of sp³-hybridized carbons (Fsp3) is 0.0526. The lowest BCUT2D eigenvalue weighted by molar-refractivity contribution is 1.46. The van der Waals surface area contributed by atoms with Gasteiger partial charge in [0.2, 0.25) is 0 Å². The Hall–Kier alpha value is -2.74. The Morgan fingerprint density at radius 3 is 1.95 bits per heavy atom. The maximum Gasteiger partial charge on any atom is 0.0629 e. The van der Waals surface area contributed by atoms with Gasteiger partial charge in [0.1, 0.15) is 0 Å². The molecule has 0 amide bonds. The second-order valence-electron chi connectivity index (χ2n) is 4.31. The summed E-state index contributed by atoms with van der Waals surface area (Å²) in [5.74, 6) is 0. The van der Waals surface area contributed by atoms with Crippen LogP contribution in [0.4, 0.5) is 11.4 Å². The molecule has 0 aliphatic heterocycles. The Morgan fingerprint density at radius 1 is 0.667 bits per heavy atom. The predicted octanol–water partition coefficient (Wildman–Crippen LogP) is 5.29. The zero-order valence-electron chi connectivity index (χ0n) is 11.8. The van der Waals surface area contributed by atoms with Crippen LogP contribution in [0.15, 0.2) is 95.0 Å². The van der Waals surface area contributed by atoms with Crippen molar-refractivity contribution in [3.05, 3.63) is 85.0 Å². The van der Waals surface area contributed by atoms with Crippen molar-refractivity contribution in [2.24, 2.45) is 9.98 Å². The Bertz CT molecular complexity index is 623. The minimum Gasteiger partial charge on any atom is -0.261 e. The lowest BCUT2D eigenvalue weighted by Crippen LogP contribution is -1.70. The van der Waals surface area contributed by atoms with Gasteiger partial charge in [-0.1, -0.05) is 54.6 Å². The minimum atomic E-state index is 0.815. The first-order chi connectivity index (χ1) is 10.4. The fourth-order valence-corrected chi connectivity index (χ4v) is 1.65. The second kappa shape index (κ2) is 9.21. The molecule has 0 heterocycles. The van der Waals surface area contributed by atoms with E-state index in [1.54, 1.807) is 6.21 Å². The Kier molecular flexibility index (Phi) is 6.43. The average molecular weight is 274 g/mol. The van der Waals surface area contributed by atoms with Gasteiger partial charge in [-0.3, -0.25) is 9.98 Å². The number of benzene rings is 2. The molecule has 2 heteroatoms. The standard InChI is InChI=1S/C19H18N2/c1(2-10-16-20-18-12-6-4-7-13-18)3-11-17-21-19-14-8-5-9-15-19/h1-10,12-17H,11H2. The van der Waals surface area contributed by atoms with E-state index in [-0.39, 0.29) is 0 Å². The van der Waals surface area contributed by atoms with Crippen LogP contribution in [0.2, 0.25) is 0 Å². The van der Waals surface area contributed by atoms with Crippen LogP contribution in [-0.4, -0.2) is 12.4 Å². The van der Waals surface area contributed by atoms with Crippen molar-refractivity contribution < 1.29 is 0 Å². The molecule has 0 unspecified atom stereocenters. The molecular weight excluding hydrogens is 256 g/mol. The molecule has 0 bridgehead atoms. The summed E-state index contributed by atoms with van der Waals surface area (Å²) < 4.78 is 0. The predicted molar refractivity (Wildman–Crippen MR) is 92.1 cm³/mol. The molecule has 0 saturated carbocycles. The SMILES string of the molecule is C(=CC=Nc1ccccc1)C=CCC=Nc1ccccc1. The lowest BCUT2D eigenvalue weighted by atomic mass is 10.3. The van der Waals surface area contributed by atoms with Crippen LogP contribution < -0.4 is 0 Å². The minimum absolute atomic E-state index is 0.815. The summed E-state index contributed by atoms with van der Waals surface area (Å²) >= 11 is 0. The third-order valence-electron chi connectivity index (χ3n) is 2.66. The van der Waals surface area contributed by atoms with Gasteiger partial charge in [-0.15, -0.1) is 0 Å². The summed E-state index contributed by atoms with van der Waals surface area (Å²) in [4.78, 5) is 8.66. The van der Waals surface area contributed by atoms with Gasteiger partial charge >= 0.3 is 0 Å². The maximum atomic E-state index is 4.35. The summed E-state index contributed by atoms with van der Waals surface area (Å²) in [5, 5.41) is 0. The molecule has 2 aromatic rings. The molecule has 0 aliphatic rings. The van der Waals surface area contributed by atoms with Gasteiger partial charge in [0.15, 0.2) is 0 Å². The highest BCUT2D eigenvalue weighted by Gasteiger charge is 1.81. The van der Waals surface area contributed by atoms with Gasteiger partial charge in [-0.2, -0.15) is 0 Å². The first-order valence-electron chi connectivity index (χ1n) is 6.93. The first-order valence-corrected chi connectivity index (χ1v) is 6.93. The highest BCUT2D eigenvalue weighted by atomic mass is 14.7. The summed E-state index contributed by atoms with van der Waals surface area (Å²) in [5.41, 5.74) is 1.94. The van der Waals surface area contributed by atoms with E-state index < -0.39 is 0 Å². The van der Waals surface area contributed by atoms with Crippen molar-refractivity contribution in [2.75, 3.05) is 0 Å². The van der Waals surface area contributed by atoms with E-state index in [9.17, 15) is 0 Å². The van der Waals surface area contributed by atoms with E-state index in [4.69, 9.17) is 0 Å². The Balaban J connectivity index is 1.69. The number of para-hydroxylation sites is 2. The van der Waals surface area contributed by atoms with Crippen LogP contribution in [0, 0.1) is 0 Å². The van der Waals surface area contributed by atoms with Gasteiger partial charge in [-0.25, -0.2) is 0 Å². The number of hydrogen-bond acceptors (Lipinski definition) is 2. The van der Waals surface area contributed by atoms with Crippen LogP contribution in [0.3, 0.4) is 0 Å². The highest BCUT2D eigenvalue weighted by Crippen LogP contribution is 2.09. The Morgan fingerprint density at radius 2 is 1.29 bits per heavy atom. The maximum absolute atomic E-state index is 4.35. The summed E-state index contributed by atoms with van der Waals surface area (Å²) in [6, 6.07) is 19.8. The molecule has 2 nitrogen and oxygen atoms in total. The van der Waals surface area contributed by atoms with Gasteiger partial charge < -0.3 is 0 Å². The van der Waals surface area contributed by atoms with E-state index in [2.05, 4.69) is 16.1 Å². The number of aliphatic imine (C=N–C) groups is 2. The van der Waals surface area contributed by atoms with Crippen molar-refractivity contribution >= 4 is 23.8 Å². The smallest absolute Gasteiger partial charge is 0.0629 e. The zero-order chi connectivity index (χ0) is 14.6. The normalized spacial score (nSPS) is 12.2. The Labute approximate surface area is 125 Å². The van der Waals surface area contributed by atoms with Crippen LogP contribution >= 0.6 is 0 Å². The fourth-order valence-electron chi connectivity index (χ4n) is 1.65. The largest absolute Gasteiger partial charge is 0.261 e. The number of nitrogens with zero attached hydrogens (tertiary/aromatic N) is 2. The molecule has 104 valence electrons. The van der Waals surface area contributed by atoms with Crippen molar-refractivity contribution in [3.63, 3.8) is 0 Å². The van der Waals surface area contributed by atoms with Crippen molar-refractivity contribution in [3.8, 4) is 0 Å². The van der Waals surface area contributed by atoms with Crippen LogP contribution in [0.1, 0.15) is 6.42 Å². The third kappa shape index (κ3) is 6.30. The van der Waals surface area contributed by atoms with E-state index in [0.29, 0.717) is 0 Å². The van der Waals surface area contributed by atoms with Crippen molar-refractivity contribution in [1.82, 2.24) is 0 Å². The van der Waals surface area contributed by atoms with E-state index in [1.165, 1.54) is 0 Å². The summed E-state index contributed by atoms with van der Waals surface area (Å²) in [6.07, 6.45) is 12.4.